The number of hydrogen-bond donors (Lipinski definition) is 3. The Morgan fingerprint density at radius 3 is 2.56 bits per heavy atom. The summed E-state index contributed by atoms with van der Waals surface area (Å²) < 4.78 is 5.91. The summed E-state index contributed by atoms with van der Waals surface area (Å²) in [5, 5.41) is 15.6. The van der Waals surface area contributed by atoms with Crippen LogP contribution in [0.5, 0.6) is 11.5 Å². The Kier molecular flexibility index (Phi) is 7.17. The van der Waals surface area contributed by atoms with Crippen LogP contribution in [0.2, 0.25) is 0 Å². The molecule has 8 heteroatoms. The largest absolute Gasteiger partial charge is 0.457 e. The molecule has 0 aliphatic carbocycles. The first-order chi connectivity index (χ1) is 16.3. The van der Waals surface area contributed by atoms with E-state index in [1.165, 1.54) is 0 Å². The van der Waals surface area contributed by atoms with Crippen molar-refractivity contribution in [1.82, 2.24) is 15.5 Å². The maximum absolute atomic E-state index is 13.3. The minimum Gasteiger partial charge on any atom is -0.457 e. The minimum atomic E-state index is -0.817. The Morgan fingerprint density at radius 1 is 1.12 bits per heavy atom. The van der Waals surface area contributed by atoms with E-state index in [0.717, 1.165) is 5.56 Å². The van der Waals surface area contributed by atoms with E-state index in [2.05, 4.69) is 10.6 Å². The first kappa shape index (κ1) is 23.8. The first-order valence-electron chi connectivity index (χ1n) is 11.7. The molecule has 0 spiro atoms. The van der Waals surface area contributed by atoms with Crippen molar-refractivity contribution >= 4 is 17.7 Å². The quantitative estimate of drug-likeness (QED) is 0.645. The molecular formula is C26H31N3O5. The molecule has 2 aromatic rings. The summed E-state index contributed by atoms with van der Waals surface area (Å²) in [5.41, 5.74) is 1.24. The van der Waals surface area contributed by atoms with Crippen molar-refractivity contribution in [3.63, 3.8) is 0 Å². The Morgan fingerprint density at radius 2 is 1.88 bits per heavy atom. The summed E-state index contributed by atoms with van der Waals surface area (Å²) in [6.07, 6.45) is 0.670. The predicted octanol–water partition coefficient (Wildman–Crippen LogP) is 2.26. The normalized spacial score (nSPS) is 23.1. The molecule has 2 aromatic carbocycles. The van der Waals surface area contributed by atoms with Crippen molar-refractivity contribution in [1.29, 1.82) is 0 Å². The van der Waals surface area contributed by atoms with Crippen LogP contribution in [0.15, 0.2) is 48.5 Å². The van der Waals surface area contributed by atoms with Crippen LogP contribution in [0.25, 0.3) is 0 Å². The van der Waals surface area contributed by atoms with Gasteiger partial charge in [0.05, 0.1) is 6.10 Å². The van der Waals surface area contributed by atoms with Gasteiger partial charge in [-0.15, -0.1) is 0 Å². The highest BCUT2D eigenvalue weighted by Crippen LogP contribution is 2.24. The van der Waals surface area contributed by atoms with E-state index in [0.29, 0.717) is 36.4 Å². The third kappa shape index (κ3) is 5.75. The molecule has 3 aliphatic heterocycles. The number of fused-ring (bicyclic) bond motifs is 8. The number of carbonyl (C=O) groups excluding carboxylic acids is 3. The van der Waals surface area contributed by atoms with Crippen LogP contribution >= 0.6 is 0 Å². The van der Waals surface area contributed by atoms with Gasteiger partial charge in [-0.1, -0.05) is 32.0 Å². The average molecular weight is 466 g/mol. The molecule has 4 bridgehead atoms. The van der Waals surface area contributed by atoms with Crippen LogP contribution in [0.1, 0.15) is 42.6 Å². The van der Waals surface area contributed by atoms with Gasteiger partial charge in [0.15, 0.2) is 0 Å². The summed E-state index contributed by atoms with van der Waals surface area (Å²) in [5.74, 6) is 0.225. The standard InChI is InChI=1S/C26H31N3O5/c1-16(2)12-22-25(32)28-23(26(33)29-11-10-19(30)15-29)13-17-6-8-20(9-7-17)34-21-5-3-4-18(14-21)24(31)27-22/h3-9,14,16,19,22-23,30H,10-13,15H2,1-2H3,(H,27,31)(H,28,32)/t19-,22+,23+/m1/s1. The SMILES string of the molecule is CC(C)C[C@@H]1NC(=O)c2cccc(c2)Oc2ccc(cc2)C[C@@H](C(=O)N2CC[C@@H](O)C2)NC1=O. The van der Waals surface area contributed by atoms with Crippen LogP contribution in [-0.4, -0.2) is 59.0 Å². The first-order valence-corrected chi connectivity index (χ1v) is 11.7. The van der Waals surface area contributed by atoms with E-state index in [1.807, 2.05) is 26.0 Å². The molecule has 3 atom stereocenters. The number of amides is 3. The van der Waals surface area contributed by atoms with E-state index in [1.54, 1.807) is 41.3 Å². The number of hydrogen-bond acceptors (Lipinski definition) is 5. The van der Waals surface area contributed by atoms with Gasteiger partial charge >= 0.3 is 0 Å². The molecule has 1 fully saturated rings. The van der Waals surface area contributed by atoms with Gasteiger partial charge in [-0.2, -0.15) is 0 Å². The topological polar surface area (TPSA) is 108 Å². The third-order valence-electron chi connectivity index (χ3n) is 6.11. The highest BCUT2D eigenvalue weighted by molar-refractivity contribution is 5.98. The average Bonchev–Trinajstić information content (AvgIpc) is 3.24. The smallest absolute Gasteiger partial charge is 0.252 e. The second kappa shape index (κ2) is 10.3. The monoisotopic (exact) mass is 465 g/mol. The van der Waals surface area contributed by atoms with Gasteiger partial charge in [0.25, 0.3) is 5.91 Å². The summed E-state index contributed by atoms with van der Waals surface area (Å²) in [6, 6.07) is 12.5. The number of rotatable bonds is 3. The minimum absolute atomic E-state index is 0.142. The maximum atomic E-state index is 13.3. The highest BCUT2D eigenvalue weighted by atomic mass is 16.5. The van der Waals surface area contributed by atoms with Crippen molar-refractivity contribution in [2.45, 2.75) is 51.3 Å². The van der Waals surface area contributed by atoms with Crippen molar-refractivity contribution in [2.24, 2.45) is 5.92 Å². The van der Waals surface area contributed by atoms with Crippen molar-refractivity contribution < 1.29 is 24.2 Å². The van der Waals surface area contributed by atoms with Crippen LogP contribution in [-0.2, 0) is 16.0 Å². The number of benzene rings is 2. The predicted molar refractivity (Wildman–Crippen MR) is 127 cm³/mol. The van der Waals surface area contributed by atoms with Crippen LogP contribution in [0.4, 0.5) is 0 Å². The lowest BCUT2D eigenvalue weighted by Crippen LogP contribution is -2.55. The second-order valence-corrected chi connectivity index (χ2v) is 9.42. The second-order valence-electron chi connectivity index (χ2n) is 9.42. The molecule has 8 nitrogen and oxygen atoms in total. The van der Waals surface area contributed by atoms with Gasteiger partial charge in [-0.3, -0.25) is 14.4 Å². The zero-order valence-electron chi connectivity index (χ0n) is 19.5. The van der Waals surface area contributed by atoms with Crippen LogP contribution in [0, 0.1) is 5.92 Å². The zero-order valence-corrected chi connectivity index (χ0v) is 19.5. The highest BCUT2D eigenvalue weighted by Gasteiger charge is 2.33. The summed E-state index contributed by atoms with van der Waals surface area (Å²) in [6.45, 7) is 4.64. The van der Waals surface area contributed by atoms with Crippen LogP contribution in [0.3, 0.4) is 0 Å². The van der Waals surface area contributed by atoms with Gasteiger partial charge < -0.3 is 25.4 Å². The number of likely N-dealkylation sites (tertiary alicyclic amines) is 1. The van der Waals surface area contributed by atoms with Gasteiger partial charge in [0.2, 0.25) is 11.8 Å². The molecule has 0 unspecified atom stereocenters. The number of ether oxygens (including phenoxy) is 1. The molecule has 3 heterocycles. The van der Waals surface area contributed by atoms with Crippen molar-refractivity contribution in [3.8, 4) is 11.5 Å². The Bertz CT molecular complexity index is 1050. The number of carbonyl (C=O) groups is 3. The van der Waals surface area contributed by atoms with E-state index < -0.39 is 24.1 Å². The van der Waals surface area contributed by atoms with E-state index >= 15 is 0 Å². The fourth-order valence-corrected chi connectivity index (χ4v) is 4.35. The molecule has 0 aromatic heterocycles. The number of nitrogens with zero attached hydrogens (tertiary/aromatic N) is 1. The molecular weight excluding hydrogens is 434 g/mol. The Hall–Kier alpha value is -3.39. The molecule has 0 saturated carbocycles. The number of aliphatic hydroxyl groups is 1. The summed E-state index contributed by atoms with van der Waals surface area (Å²) in [4.78, 5) is 41.2. The molecule has 3 aliphatic rings. The lowest BCUT2D eigenvalue weighted by molar-refractivity contribution is -0.136. The van der Waals surface area contributed by atoms with E-state index in [9.17, 15) is 19.5 Å². The molecule has 3 amide bonds. The molecule has 1 saturated heterocycles. The third-order valence-corrected chi connectivity index (χ3v) is 6.11. The lowest BCUT2D eigenvalue weighted by atomic mass is 10.0. The fraction of sp³-hybridized carbons (Fsp3) is 0.423. The van der Waals surface area contributed by atoms with Crippen molar-refractivity contribution in [3.05, 3.63) is 59.7 Å². The van der Waals surface area contributed by atoms with Gasteiger partial charge in [-0.05, 0) is 54.7 Å². The number of β-amino-alcohol motifs (C(OH)–C–C–N with tert-alkyl or cyclic N) is 1. The fourth-order valence-electron chi connectivity index (χ4n) is 4.35. The summed E-state index contributed by atoms with van der Waals surface area (Å²) >= 11 is 0. The summed E-state index contributed by atoms with van der Waals surface area (Å²) in [7, 11) is 0. The van der Waals surface area contributed by atoms with E-state index in [-0.39, 0.29) is 30.7 Å². The number of nitrogens with one attached hydrogen (secondary N) is 2. The van der Waals surface area contributed by atoms with Gasteiger partial charge in [0, 0.05) is 25.1 Å². The molecule has 5 rings (SSSR count). The maximum Gasteiger partial charge on any atom is 0.252 e. The lowest BCUT2D eigenvalue weighted by Gasteiger charge is -2.27. The molecule has 34 heavy (non-hydrogen) atoms. The number of aliphatic hydroxyl groups excluding tert-OH is 1. The molecule has 0 radical (unpaired) electrons. The Labute approximate surface area is 199 Å². The molecule has 3 N–H and O–H groups in total. The van der Waals surface area contributed by atoms with Crippen molar-refractivity contribution in [2.75, 3.05) is 13.1 Å². The zero-order chi connectivity index (χ0) is 24.2. The van der Waals surface area contributed by atoms with Gasteiger partial charge in [0.1, 0.15) is 23.6 Å². The van der Waals surface area contributed by atoms with Crippen LogP contribution < -0.4 is 15.4 Å². The van der Waals surface area contributed by atoms with Gasteiger partial charge in [-0.25, -0.2) is 0 Å². The van der Waals surface area contributed by atoms with E-state index in [4.69, 9.17) is 4.74 Å². The molecule has 180 valence electrons. The Balaban J connectivity index is 1.68.